The first-order valence-corrected chi connectivity index (χ1v) is 8.49. The summed E-state index contributed by atoms with van der Waals surface area (Å²) >= 11 is 0. The highest BCUT2D eigenvalue weighted by Crippen LogP contribution is 2.17. The Labute approximate surface area is 123 Å². The fraction of sp³-hybridized carbons (Fsp3) is 0.938. The SMILES string of the molecule is CCC1CN(CC(=O)NC2CCCCC2)C(CC)CN1. The average molecular weight is 281 g/mol. The van der Waals surface area contributed by atoms with Crippen LogP contribution >= 0.6 is 0 Å². The second kappa shape index (κ2) is 7.99. The molecule has 2 aliphatic rings. The molecule has 1 amide bonds. The van der Waals surface area contributed by atoms with Crippen molar-refractivity contribution < 1.29 is 4.79 Å². The van der Waals surface area contributed by atoms with Crippen LogP contribution in [-0.4, -0.2) is 48.6 Å². The molecule has 1 heterocycles. The second-order valence-electron chi connectivity index (χ2n) is 6.41. The Morgan fingerprint density at radius 1 is 1.20 bits per heavy atom. The quantitative estimate of drug-likeness (QED) is 0.809. The Balaban J connectivity index is 1.80. The lowest BCUT2D eigenvalue weighted by Crippen LogP contribution is -2.58. The van der Waals surface area contributed by atoms with E-state index in [0.29, 0.717) is 24.7 Å². The number of nitrogens with one attached hydrogen (secondary N) is 2. The largest absolute Gasteiger partial charge is 0.352 e. The van der Waals surface area contributed by atoms with Crippen molar-refractivity contribution in [3.8, 4) is 0 Å². The lowest BCUT2D eigenvalue weighted by atomic mass is 9.95. The van der Waals surface area contributed by atoms with E-state index in [1.54, 1.807) is 0 Å². The molecule has 1 saturated heterocycles. The maximum Gasteiger partial charge on any atom is 0.234 e. The Hall–Kier alpha value is -0.610. The number of nitrogens with zero attached hydrogens (tertiary/aromatic N) is 1. The molecule has 20 heavy (non-hydrogen) atoms. The zero-order valence-corrected chi connectivity index (χ0v) is 13.2. The predicted octanol–water partition coefficient (Wildman–Crippen LogP) is 1.90. The van der Waals surface area contributed by atoms with Crippen LogP contribution in [0.5, 0.6) is 0 Å². The van der Waals surface area contributed by atoms with Gasteiger partial charge in [-0.25, -0.2) is 0 Å². The minimum atomic E-state index is 0.229. The molecule has 2 rings (SSSR count). The van der Waals surface area contributed by atoms with Gasteiger partial charge < -0.3 is 10.6 Å². The molecular formula is C16H31N3O. The average Bonchev–Trinajstić information content (AvgIpc) is 2.48. The Kier molecular flexibility index (Phi) is 6.30. The number of amides is 1. The van der Waals surface area contributed by atoms with Gasteiger partial charge >= 0.3 is 0 Å². The van der Waals surface area contributed by atoms with E-state index in [9.17, 15) is 4.79 Å². The third kappa shape index (κ3) is 4.45. The second-order valence-corrected chi connectivity index (χ2v) is 6.41. The molecule has 0 bridgehead atoms. The Morgan fingerprint density at radius 2 is 1.95 bits per heavy atom. The molecule has 2 unspecified atom stereocenters. The van der Waals surface area contributed by atoms with Crippen LogP contribution in [0.4, 0.5) is 0 Å². The van der Waals surface area contributed by atoms with Gasteiger partial charge in [-0.3, -0.25) is 9.69 Å². The first-order valence-electron chi connectivity index (χ1n) is 8.49. The molecule has 2 fully saturated rings. The summed E-state index contributed by atoms with van der Waals surface area (Å²) in [5.74, 6) is 0.229. The summed E-state index contributed by atoms with van der Waals surface area (Å²) in [5.41, 5.74) is 0. The maximum absolute atomic E-state index is 12.3. The predicted molar refractivity (Wildman–Crippen MR) is 82.7 cm³/mol. The van der Waals surface area contributed by atoms with Gasteiger partial charge in [0.05, 0.1) is 6.54 Å². The van der Waals surface area contributed by atoms with Crippen molar-refractivity contribution in [2.24, 2.45) is 0 Å². The van der Waals surface area contributed by atoms with Crippen molar-refractivity contribution in [1.82, 2.24) is 15.5 Å². The van der Waals surface area contributed by atoms with Crippen molar-refractivity contribution in [3.63, 3.8) is 0 Å². The summed E-state index contributed by atoms with van der Waals surface area (Å²) < 4.78 is 0. The Morgan fingerprint density at radius 3 is 2.60 bits per heavy atom. The summed E-state index contributed by atoms with van der Waals surface area (Å²) in [5, 5.41) is 6.82. The van der Waals surface area contributed by atoms with E-state index < -0.39 is 0 Å². The smallest absolute Gasteiger partial charge is 0.234 e. The minimum Gasteiger partial charge on any atom is -0.352 e. The zero-order valence-electron chi connectivity index (χ0n) is 13.2. The monoisotopic (exact) mass is 281 g/mol. The van der Waals surface area contributed by atoms with Gasteiger partial charge in [0, 0.05) is 31.2 Å². The number of carbonyl (C=O) groups excluding carboxylic acids is 1. The van der Waals surface area contributed by atoms with E-state index in [1.165, 1.54) is 32.1 Å². The van der Waals surface area contributed by atoms with Crippen molar-refractivity contribution in [2.45, 2.75) is 76.9 Å². The third-order valence-corrected chi connectivity index (χ3v) is 4.89. The molecule has 2 N–H and O–H groups in total. The molecule has 0 aromatic rings. The molecule has 0 aromatic heterocycles. The number of carbonyl (C=O) groups is 1. The molecule has 0 spiro atoms. The van der Waals surface area contributed by atoms with Crippen molar-refractivity contribution >= 4 is 5.91 Å². The van der Waals surface area contributed by atoms with Crippen molar-refractivity contribution in [1.29, 1.82) is 0 Å². The van der Waals surface area contributed by atoms with Gasteiger partial charge in [0.1, 0.15) is 0 Å². The highest BCUT2D eigenvalue weighted by atomic mass is 16.2. The normalized spacial score (nSPS) is 29.3. The number of rotatable bonds is 5. The van der Waals surface area contributed by atoms with Crippen molar-refractivity contribution in [2.75, 3.05) is 19.6 Å². The third-order valence-electron chi connectivity index (χ3n) is 4.89. The first kappa shape index (κ1) is 15.8. The first-order chi connectivity index (χ1) is 9.72. The van der Waals surface area contributed by atoms with Crippen LogP contribution in [0.2, 0.25) is 0 Å². The summed E-state index contributed by atoms with van der Waals surface area (Å²) in [4.78, 5) is 14.6. The number of hydrogen-bond acceptors (Lipinski definition) is 3. The van der Waals surface area contributed by atoms with E-state index in [1.807, 2.05) is 0 Å². The van der Waals surface area contributed by atoms with E-state index in [4.69, 9.17) is 0 Å². The Bertz CT molecular complexity index is 302. The lowest BCUT2D eigenvalue weighted by Gasteiger charge is -2.39. The van der Waals surface area contributed by atoms with Gasteiger partial charge in [0.25, 0.3) is 0 Å². The highest BCUT2D eigenvalue weighted by Gasteiger charge is 2.27. The van der Waals surface area contributed by atoms with Crippen LogP contribution in [0.25, 0.3) is 0 Å². The molecule has 2 atom stereocenters. The summed E-state index contributed by atoms with van der Waals surface area (Å²) in [7, 11) is 0. The zero-order chi connectivity index (χ0) is 14.4. The maximum atomic E-state index is 12.3. The van der Waals surface area contributed by atoms with Gasteiger partial charge in [-0.2, -0.15) is 0 Å². The van der Waals surface area contributed by atoms with Crippen LogP contribution in [-0.2, 0) is 4.79 Å². The molecule has 1 saturated carbocycles. The van der Waals surface area contributed by atoms with Crippen LogP contribution in [0.15, 0.2) is 0 Å². The number of piperazine rings is 1. The molecule has 0 radical (unpaired) electrons. The topological polar surface area (TPSA) is 44.4 Å². The molecule has 1 aliphatic heterocycles. The summed E-state index contributed by atoms with van der Waals surface area (Å²) in [6, 6.07) is 1.48. The van der Waals surface area contributed by atoms with Gasteiger partial charge in [0.2, 0.25) is 5.91 Å². The van der Waals surface area contributed by atoms with E-state index >= 15 is 0 Å². The fourth-order valence-electron chi connectivity index (χ4n) is 3.50. The standard InChI is InChI=1S/C16H31N3O/c1-3-13-11-19(15(4-2)10-17-13)12-16(20)18-14-8-6-5-7-9-14/h13-15,17H,3-12H2,1-2H3,(H,18,20). The van der Waals surface area contributed by atoms with Crippen molar-refractivity contribution in [3.05, 3.63) is 0 Å². The lowest BCUT2D eigenvalue weighted by molar-refractivity contribution is -0.124. The van der Waals surface area contributed by atoms with Crippen LogP contribution in [0, 0.1) is 0 Å². The molecule has 4 heteroatoms. The van der Waals surface area contributed by atoms with Gasteiger partial charge in [-0.1, -0.05) is 33.1 Å². The van der Waals surface area contributed by atoms with E-state index in [-0.39, 0.29) is 5.91 Å². The van der Waals surface area contributed by atoms with E-state index in [2.05, 4.69) is 29.4 Å². The van der Waals surface area contributed by atoms with Gasteiger partial charge in [-0.05, 0) is 25.7 Å². The molecule has 116 valence electrons. The highest BCUT2D eigenvalue weighted by molar-refractivity contribution is 5.78. The summed E-state index contributed by atoms with van der Waals surface area (Å²) in [6.45, 7) is 7.03. The van der Waals surface area contributed by atoms with Gasteiger partial charge in [-0.15, -0.1) is 0 Å². The van der Waals surface area contributed by atoms with Gasteiger partial charge in [0.15, 0.2) is 0 Å². The van der Waals surface area contributed by atoms with Crippen LogP contribution in [0.3, 0.4) is 0 Å². The fourth-order valence-corrected chi connectivity index (χ4v) is 3.50. The summed E-state index contributed by atoms with van der Waals surface area (Å²) in [6.07, 6.45) is 8.46. The molecule has 1 aliphatic carbocycles. The van der Waals surface area contributed by atoms with Crippen LogP contribution < -0.4 is 10.6 Å². The molecular weight excluding hydrogens is 250 g/mol. The number of hydrogen-bond donors (Lipinski definition) is 2. The molecule has 0 aromatic carbocycles. The minimum absolute atomic E-state index is 0.229. The van der Waals surface area contributed by atoms with E-state index in [0.717, 1.165) is 25.9 Å². The molecule has 4 nitrogen and oxygen atoms in total. The van der Waals surface area contributed by atoms with Crippen LogP contribution in [0.1, 0.15) is 58.8 Å².